The molecule has 1 aromatic carbocycles. The summed E-state index contributed by atoms with van der Waals surface area (Å²) in [4.78, 5) is 11.5. The first-order chi connectivity index (χ1) is 12.6. The predicted octanol–water partition coefficient (Wildman–Crippen LogP) is 4.22. The number of amides is 1. The van der Waals surface area contributed by atoms with Gasteiger partial charge in [0.25, 0.3) is 5.91 Å². The summed E-state index contributed by atoms with van der Waals surface area (Å²) in [5.74, 6) is -0.830. The smallest absolute Gasteiger partial charge is 0.387 e. The third-order valence-corrected chi connectivity index (χ3v) is 5.62. The highest BCUT2D eigenvalue weighted by Gasteiger charge is 2.19. The number of hydrogen-bond donors (Lipinski definition) is 1. The minimum absolute atomic E-state index is 0.0123. The SMILES string of the molecule is C[Si](C)(C)CCOCn1nc(C(N)=O)cc1-c1cc(Cl)ccc1OC(F)F. The number of ether oxygens (including phenoxy) is 2. The lowest BCUT2D eigenvalue weighted by molar-refractivity contribution is -0.0494. The van der Waals surface area contributed by atoms with Gasteiger partial charge in [0, 0.05) is 25.3 Å². The molecule has 27 heavy (non-hydrogen) atoms. The highest BCUT2D eigenvalue weighted by molar-refractivity contribution is 6.76. The number of alkyl halides is 2. The maximum absolute atomic E-state index is 12.7. The number of halogens is 3. The van der Waals surface area contributed by atoms with Crippen molar-refractivity contribution in [1.29, 1.82) is 0 Å². The molecular formula is C17H22ClF2N3O3Si. The van der Waals surface area contributed by atoms with E-state index in [1.54, 1.807) is 0 Å². The number of nitrogens with zero attached hydrogens (tertiary/aromatic N) is 2. The van der Waals surface area contributed by atoms with E-state index in [4.69, 9.17) is 22.1 Å². The average Bonchev–Trinajstić information content (AvgIpc) is 2.96. The molecule has 0 bridgehead atoms. The topological polar surface area (TPSA) is 79.4 Å². The number of nitrogens with two attached hydrogens (primary N) is 1. The van der Waals surface area contributed by atoms with Crippen LogP contribution < -0.4 is 10.5 Å². The van der Waals surface area contributed by atoms with Crippen molar-refractivity contribution in [2.75, 3.05) is 6.61 Å². The van der Waals surface area contributed by atoms with E-state index < -0.39 is 20.6 Å². The van der Waals surface area contributed by atoms with E-state index in [1.807, 2.05) is 0 Å². The second kappa shape index (κ2) is 8.81. The summed E-state index contributed by atoms with van der Waals surface area (Å²) in [5, 5.41) is 4.43. The molecule has 0 aliphatic rings. The summed E-state index contributed by atoms with van der Waals surface area (Å²) in [6, 6.07) is 6.57. The normalized spacial score (nSPS) is 11.8. The molecule has 0 aliphatic carbocycles. The van der Waals surface area contributed by atoms with E-state index in [0.29, 0.717) is 17.3 Å². The van der Waals surface area contributed by atoms with Crippen LogP contribution in [0.25, 0.3) is 11.3 Å². The van der Waals surface area contributed by atoms with Crippen LogP contribution in [0, 0.1) is 0 Å². The van der Waals surface area contributed by atoms with Gasteiger partial charge in [0.05, 0.1) is 5.69 Å². The molecule has 0 atom stereocenters. The molecule has 0 saturated carbocycles. The second-order valence-electron chi connectivity index (χ2n) is 7.15. The molecule has 0 aliphatic heterocycles. The van der Waals surface area contributed by atoms with Crippen LogP contribution in [0.5, 0.6) is 5.75 Å². The Bertz CT molecular complexity index is 809. The molecule has 2 aromatic rings. The molecule has 1 amide bonds. The third kappa shape index (κ3) is 6.30. The number of carbonyl (C=O) groups is 1. The fourth-order valence-corrected chi connectivity index (χ4v) is 3.21. The first kappa shape index (κ1) is 21.3. The maximum atomic E-state index is 12.7. The molecule has 1 heterocycles. The minimum atomic E-state index is -3.01. The number of rotatable bonds is 9. The molecule has 0 fully saturated rings. The molecule has 0 saturated heterocycles. The zero-order valence-corrected chi connectivity index (χ0v) is 17.1. The Morgan fingerprint density at radius 2 is 2.04 bits per heavy atom. The van der Waals surface area contributed by atoms with Gasteiger partial charge in [-0.15, -0.1) is 0 Å². The van der Waals surface area contributed by atoms with Gasteiger partial charge in [0.2, 0.25) is 0 Å². The van der Waals surface area contributed by atoms with Crippen LogP contribution >= 0.6 is 11.6 Å². The summed E-state index contributed by atoms with van der Waals surface area (Å²) in [5.41, 5.74) is 5.90. The lowest BCUT2D eigenvalue weighted by atomic mass is 10.1. The largest absolute Gasteiger partial charge is 0.434 e. The molecule has 148 valence electrons. The Hall–Kier alpha value is -1.97. The van der Waals surface area contributed by atoms with Crippen molar-refractivity contribution < 1.29 is 23.0 Å². The zero-order chi connectivity index (χ0) is 20.2. The van der Waals surface area contributed by atoms with Gasteiger partial charge in [0.15, 0.2) is 5.69 Å². The van der Waals surface area contributed by atoms with Gasteiger partial charge in [-0.2, -0.15) is 13.9 Å². The van der Waals surface area contributed by atoms with Crippen molar-refractivity contribution in [3.05, 3.63) is 35.0 Å². The summed E-state index contributed by atoms with van der Waals surface area (Å²) in [6.07, 6.45) is 0. The Labute approximate surface area is 162 Å². The van der Waals surface area contributed by atoms with Gasteiger partial charge in [-0.05, 0) is 30.3 Å². The van der Waals surface area contributed by atoms with E-state index in [9.17, 15) is 13.6 Å². The van der Waals surface area contributed by atoms with Crippen LogP contribution in [0.4, 0.5) is 8.78 Å². The molecule has 2 N–H and O–H groups in total. The van der Waals surface area contributed by atoms with Crippen LogP contribution in [0.3, 0.4) is 0 Å². The Balaban J connectivity index is 2.35. The predicted molar refractivity (Wildman–Crippen MR) is 102 cm³/mol. The van der Waals surface area contributed by atoms with Crippen LogP contribution in [0.2, 0.25) is 30.7 Å². The van der Waals surface area contributed by atoms with Crippen LogP contribution in [-0.2, 0) is 11.5 Å². The van der Waals surface area contributed by atoms with Gasteiger partial charge in [-0.3, -0.25) is 4.79 Å². The molecule has 0 spiro atoms. The van der Waals surface area contributed by atoms with Gasteiger partial charge in [-0.25, -0.2) is 4.68 Å². The molecule has 0 radical (unpaired) electrons. The van der Waals surface area contributed by atoms with Crippen LogP contribution in [-0.4, -0.2) is 37.0 Å². The molecule has 1 aromatic heterocycles. The van der Waals surface area contributed by atoms with Gasteiger partial charge >= 0.3 is 6.61 Å². The number of carbonyl (C=O) groups excluding carboxylic acids is 1. The minimum Gasteiger partial charge on any atom is -0.434 e. The van der Waals surface area contributed by atoms with Gasteiger partial charge in [-0.1, -0.05) is 31.2 Å². The van der Waals surface area contributed by atoms with Crippen molar-refractivity contribution >= 4 is 25.6 Å². The fraction of sp³-hybridized carbons (Fsp3) is 0.412. The highest BCUT2D eigenvalue weighted by atomic mass is 35.5. The fourth-order valence-electron chi connectivity index (χ4n) is 2.28. The molecule has 6 nitrogen and oxygen atoms in total. The van der Waals surface area contributed by atoms with Crippen LogP contribution in [0.15, 0.2) is 24.3 Å². The standard InChI is InChI=1S/C17H22ClF2N3O3Si/c1-27(2,3)7-6-25-10-23-14(9-13(22-23)16(21)24)12-8-11(18)4-5-15(12)26-17(19)20/h4-5,8-9,17H,6-7,10H2,1-3H3,(H2,21,24). The number of benzene rings is 1. The van der Waals surface area contributed by atoms with Crippen molar-refractivity contribution in [1.82, 2.24) is 9.78 Å². The van der Waals surface area contributed by atoms with Crippen molar-refractivity contribution in [3.63, 3.8) is 0 Å². The molecular weight excluding hydrogens is 396 g/mol. The summed E-state index contributed by atoms with van der Waals surface area (Å²) in [7, 11) is -1.27. The number of aromatic nitrogens is 2. The maximum Gasteiger partial charge on any atom is 0.387 e. The zero-order valence-electron chi connectivity index (χ0n) is 15.3. The molecule has 10 heteroatoms. The summed E-state index contributed by atoms with van der Waals surface area (Å²) >= 11 is 6.01. The van der Waals surface area contributed by atoms with E-state index >= 15 is 0 Å². The monoisotopic (exact) mass is 417 g/mol. The summed E-state index contributed by atoms with van der Waals surface area (Å²) in [6.45, 7) is 4.22. The first-order valence-corrected chi connectivity index (χ1v) is 12.4. The second-order valence-corrected chi connectivity index (χ2v) is 13.2. The van der Waals surface area contributed by atoms with E-state index in [2.05, 4.69) is 29.5 Å². The third-order valence-electron chi connectivity index (χ3n) is 3.68. The first-order valence-electron chi connectivity index (χ1n) is 8.27. The van der Waals surface area contributed by atoms with Gasteiger partial charge in [0.1, 0.15) is 12.5 Å². The number of primary amides is 1. The Kier molecular flexibility index (Phi) is 6.96. The summed E-state index contributed by atoms with van der Waals surface area (Å²) < 4.78 is 37.1. The lowest BCUT2D eigenvalue weighted by Gasteiger charge is -2.16. The Morgan fingerprint density at radius 1 is 1.33 bits per heavy atom. The van der Waals surface area contributed by atoms with Crippen molar-refractivity contribution in [2.45, 2.75) is 39.0 Å². The Morgan fingerprint density at radius 3 is 2.63 bits per heavy atom. The molecule has 0 unspecified atom stereocenters. The lowest BCUT2D eigenvalue weighted by Crippen LogP contribution is -2.22. The van der Waals surface area contributed by atoms with E-state index in [0.717, 1.165) is 6.04 Å². The van der Waals surface area contributed by atoms with Crippen molar-refractivity contribution in [3.8, 4) is 17.0 Å². The highest BCUT2D eigenvalue weighted by Crippen LogP contribution is 2.34. The van der Waals surface area contributed by atoms with E-state index in [-0.39, 0.29) is 23.7 Å². The van der Waals surface area contributed by atoms with Crippen molar-refractivity contribution in [2.24, 2.45) is 5.73 Å². The van der Waals surface area contributed by atoms with E-state index in [1.165, 1.54) is 28.9 Å². The van der Waals surface area contributed by atoms with Gasteiger partial charge < -0.3 is 15.2 Å². The van der Waals surface area contributed by atoms with Crippen LogP contribution in [0.1, 0.15) is 10.5 Å². The number of hydrogen-bond acceptors (Lipinski definition) is 4. The average molecular weight is 418 g/mol. The molecule has 2 rings (SSSR count). The quantitative estimate of drug-likeness (QED) is 0.489.